The first kappa shape index (κ1) is 10.3. The number of hydrogen-bond acceptors (Lipinski definition) is 1. The molecule has 66 valence electrons. The fourth-order valence-corrected chi connectivity index (χ4v) is 0.487. The number of carbonyl (C=O) groups excluding carboxylic acids is 1. The molecule has 0 aromatic heterocycles. The van der Waals surface area contributed by atoms with E-state index in [1.54, 1.807) is 6.92 Å². The minimum Gasteiger partial charge on any atom is -0.356 e. The van der Waals surface area contributed by atoms with Crippen LogP contribution in [-0.2, 0) is 4.79 Å². The monoisotopic (exact) mass is 165 g/mol. The lowest BCUT2D eigenvalue weighted by Crippen LogP contribution is -2.41. The van der Waals surface area contributed by atoms with E-state index in [1.165, 1.54) is 13.8 Å². The molecule has 0 heterocycles. The Kier molecular flexibility index (Phi) is 3.42. The molecule has 4 heteroatoms. The van der Waals surface area contributed by atoms with Gasteiger partial charge in [0.15, 0.2) is 0 Å². The van der Waals surface area contributed by atoms with Crippen LogP contribution in [0.2, 0.25) is 0 Å². The van der Waals surface area contributed by atoms with Crippen LogP contribution in [0.4, 0.5) is 8.78 Å². The Labute approximate surface area is 65.0 Å². The molecule has 1 N–H and O–H groups in total. The summed E-state index contributed by atoms with van der Waals surface area (Å²) in [5.74, 6) is -0.602. The molecule has 0 fully saturated rings. The van der Waals surface area contributed by atoms with Crippen LogP contribution in [0, 0.1) is 5.41 Å². The third-order valence-corrected chi connectivity index (χ3v) is 1.47. The minimum atomic E-state index is -2.62. The van der Waals surface area contributed by atoms with Crippen molar-refractivity contribution in [3.8, 4) is 0 Å². The molecule has 1 amide bonds. The smallest absolute Gasteiger partial charge is 0.252 e. The van der Waals surface area contributed by atoms with Gasteiger partial charge >= 0.3 is 0 Å². The molecule has 0 saturated heterocycles. The van der Waals surface area contributed by atoms with Gasteiger partial charge in [-0.1, -0.05) is 0 Å². The van der Waals surface area contributed by atoms with Crippen molar-refractivity contribution < 1.29 is 13.6 Å². The maximum absolute atomic E-state index is 12.1. The Hall–Kier alpha value is -0.670. The van der Waals surface area contributed by atoms with Gasteiger partial charge in [-0.25, -0.2) is 8.78 Å². The molecular weight excluding hydrogens is 152 g/mol. The zero-order valence-electron chi connectivity index (χ0n) is 6.95. The molecule has 11 heavy (non-hydrogen) atoms. The molecular formula is C7H13F2NO. The predicted molar refractivity (Wildman–Crippen MR) is 38.5 cm³/mol. The molecule has 0 aromatic rings. The second-order valence-electron chi connectivity index (χ2n) is 2.88. The Morgan fingerprint density at radius 2 is 2.00 bits per heavy atom. The van der Waals surface area contributed by atoms with Crippen LogP contribution in [0.5, 0.6) is 0 Å². The molecule has 0 aromatic carbocycles. The third-order valence-electron chi connectivity index (χ3n) is 1.47. The molecule has 0 unspecified atom stereocenters. The van der Waals surface area contributed by atoms with Gasteiger partial charge in [0.1, 0.15) is 5.41 Å². The maximum Gasteiger partial charge on any atom is 0.252 e. The highest BCUT2D eigenvalue weighted by Gasteiger charge is 2.36. The van der Waals surface area contributed by atoms with Gasteiger partial charge in [0.2, 0.25) is 5.91 Å². The minimum absolute atomic E-state index is 0.384. The molecule has 0 aliphatic rings. The molecule has 0 aliphatic carbocycles. The number of hydrogen-bond donors (Lipinski definition) is 1. The lowest BCUT2D eigenvalue weighted by Gasteiger charge is -2.21. The number of carbonyl (C=O) groups is 1. The zero-order chi connectivity index (χ0) is 9.07. The van der Waals surface area contributed by atoms with Crippen molar-refractivity contribution >= 4 is 5.91 Å². The fraction of sp³-hybridized carbons (Fsp3) is 0.857. The van der Waals surface area contributed by atoms with Crippen molar-refractivity contribution in [2.75, 3.05) is 6.54 Å². The van der Waals surface area contributed by atoms with Crippen molar-refractivity contribution in [1.82, 2.24) is 5.32 Å². The van der Waals surface area contributed by atoms with E-state index in [4.69, 9.17) is 0 Å². The zero-order valence-corrected chi connectivity index (χ0v) is 6.95. The number of amides is 1. The van der Waals surface area contributed by atoms with E-state index < -0.39 is 17.7 Å². The molecule has 0 bridgehead atoms. The second-order valence-corrected chi connectivity index (χ2v) is 2.88. The standard InChI is InChI=1S/C7H13F2NO/c1-4-10-6(11)7(2,3)5(8)9/h5H,4H2,1-3H3,(H,10,11). The van der Waals surface area contributed by atoms with E-state index in [1.807, 2.05) is 0 Å². The third kappa shape index (κ3) is 2.44. The summed E-state index contributed by atoms with van der Waals surface area (Å²) in [5, 5.41) is 2.35. The first-order valence-corrected chi connectivity index (χ1v) is 3.49. The Morgan fingerprint density at radius 1 is 1.55 bits per heavy atom. The number of nitrogens with one attached hydrogen (secondary N) is 1. The van der Waals surface area contributed by atoms with Crippen LogP contribution in [0.15, 0.2) is 0 Å². The van der Waals surface area contributed by atoms with E-state index >= 15 is 0 Å². The summed E-state index contributed by atoms with van der Waals surface area (Å²) in [6, 6.07) is 0. The van der Waals surface area contributed by atoms with Crippen LogP contribution in [0.25, 0.3) is 0 Å². The van der Waals surface area contributed by atoms with Crippen LogP contribution < -0.4 is 5.32 Å². The largest absolute Gasteiger partial charge is 0.356 e. The van der Waals surface area contributed by atoms with Gasteiger partial charge in [0.25, 0.3) is 6.43 Å². The van der Waals surface area contributed by atoms with Gasteiger partial charge in [0.05, 0.1) is 0 Å². The maximum atomic E-state index is 12.1. The summed E-state index contributed by atoms with van der Waals surface area (Å²) in [4.78, 5) is 10.9. The topological polar surface area (TPSA) is 29.1 Å². The predicted octanol–water partition coefficient (Wildman–Crippen LogP) is 1.41. The molecule has 0 radical (unpaired) electrons. The van der Waals surface area contributed by atoms with Crippen molar-refractivity contribution in [2.24, 2.45) is 5.41 Å². The van der Waals surface area contributed by atoms with Crippen molar-refractivity contribution in [3.63, 3.8) is 0 Å². The highest BCUT2D eigenvalue weighted by atomic mass is 19.3. The lowest BCUT2D eigenvalue weighted by molar-refractivity contribution is -0.137. The van der Waals surface area contributed by atoms with Crippen LogP contribution in [-0.4, -0.2) is 18.9 Å². The summed E-state index contributed by atoms with van der Waals surface area (Å²) < 4.78 is 24.3. The second kappa shape index (κ2) is 3.64. The summed E-state index contributed by atoms with van der Waals surface area (Å²) in [5.41, 5.74) is -1.57. The summed E-state index contributed by atoms with van der Waals surface area (Å²) >= 11 is 0. The highest BCUT2D eigenvalue weighted by molar-refractivity contribution is 5.82. The van der Waals surface area contributed by atoms with E-state index in [-0.39, 0.29) is 0 Å². The molecule has 0 aliphatic heterocycles. The summed E-state index contributed by atoms with van der Waals surface area (Å²) in [7, 11) is 0. The Bertz CT molecular complexity index is 145. The normalized spacial score (nSPS) is 11.8. The molecule has 0 spiro atoms. The first-order valence-electron chi connectivity index (χ1n) is 3.49. The van der Waals surface area contributed by atoms with E-state index in [0.29, 0.717) is 6.54 Å². The van der Waals surface area contributed by atoms with Gasteiger partial charge in [0, 0.05) is 6.54 Å². The molecule has 0 saturated carbocycles. The van der Waals surface area contributed by atoms with Gasteiger partial charge < -0.3 is 5.32 Å². The number of rotatable bonds is 3. The van der Waals surface area contributed by atoms with Gasteiger partial charge in [-0.2, -0.15) is 0 Å². The SMILES string of the molecule is CCNC(=O)C(C)(C)C(F)F. The average Bonchev–Trinajstić information content (AvgIpc) is 1.88. The lowest BCUT2D eigenvalue weighted by atomic mass is 9.93. The first-order chi connectivity index (χ1) is 4.92. The Balaban J connectivity index is 4.18. The average molecular weight is 165 g/mol. The highest BCUT2D eigenvalue weighted by Crippen LogP contribution is 2.24. The van der Waals surface area contributed by atoms with Gasteiger partial charge in [-0.3, -0.25) is 4.79 Å². The van der Waals surface area contributed by atoms with Crippen LogP contribution >= 0.6 is 0 Å². The fourth-order valence-electron chi connectivity index (χ4n) is 0.487. The van der Waals surface area contributed by atoms with Crippen molar-refractivity contribution in [2.45, 2.75) is 27.2 Å². The van der Waals surface area contributed by atoms with Crippen LogP contribution in [0.1, 0.15) is 20.8 Å². The van der Waals surface area contributed by atoms with Crippen LogP contribution in [0.3, 0.4) is 0 Å². The number of alkyl halides is 2. The van der Waals surface area contributed by atoms with Gasteiger partial charge in [-0.15, -0.1) is 0 Å². The number of halogens is 2. The van der Waals surface area contributed by atoms with Crippen molar-refractivity contribution in [3.05, 3.63) is 0 Å². The van der Waals surface area contributed by atoms with E-state index in [9.17, 15) is 13.6 Å². The van der Waals surface area contributed by atoms with E-state index in [0.717, 1.165) is 0 Å². The molecule has 2 nitrogen and oxygen atoms in total. The van der Waals surface area contributed by atoms with Gasteiger partial charge in [-0.05, 0) is 20.8 Å². The van der Waals surface area contributed by atoms with Crippen molar-refractivity contribution in [1.29, 1.82) is 0 Å². The molecule has 0 atom stereocenters. The quantitative estimate of drug-likeness (QED) is 0.673. The van der Waals surface area contributed by atoms with E-state index in [2.05, 4.69) is 5.32 Å². The summed E-state index contributed by atoms with van der Waals surface area (Å²) in [6.07, 6.45) is -2.62. The summed E-state index contributed by atoms with van der Waals surface area (Å²) in [6.45, 7) is 4.53. The Morgan fingerprint density at radius 3 is 2.27 bits per heavy atom. The molecule has 0 rings (SSSR count).